The molecule has 14 nitrogen and oxygen atoms in total. The maximum Gasteiger partial charge on any atom is 0.272 e. The van der Waals surface area contributed by atoms with Gasteiger partial charge in [0.25, 0.3) is 17.7 Å². The lowest BCUT2D eigenvalue weighted by Crippen LogP contribution is -2.54. The molecule has 1 aromatic heterocycles. The second kappa shape index (κ2) is 14.7. The molecular weight excluding hydrogens is 780 g/mol. The number of fused-ring (bicyclic) bond motifs is 3. The average molecular weight is 816 g/mol. The molecular formula is C38H36BrClN8O6. The van der Waals surface area contributed by atoms with Crippen molar-refractivity contribution in [2.75, 3.05) is 18.0 Å². The number of ether oxygens (including phenoxy) is 1. The third-order valence-corrected chi connectivity index (χ3v) is 12.1. The zero-order chi connectivity index (χ0) is 37.7. The molecule has 5 heterocycles. The minimum atomic E-state index is -1.01. The number of carbonyl (C=O) groups is 5. The van der Waals surface area contributed by atoms with Crippen LogP contribution in [0.4, 0.5) is 5.82 Å². The molecule has 5 amide bonds. The monoisotopic (exact) mass is 814 g/mol. The van der Waals surface area contributed by atoms with Gasteiger partial charge in [-0.25, -0.2) is 0 Å². The number of carbonyl (C=O) groups excluding carboxylic acids is 5. The molecule has 0 spiro atoms. The number of piperazine rings is 1. The lowest BCUT2D eigenvalue weighted by Gasteiger charge is -2.41. The van der Waals surface area contributed by atoms with Crippen molar-refractivity contribution in [2.45, 2.75) is 88.2 Å². The summed E-state index contributed by atoms with van der Waals surface area (Å²) in [4.78, 5) is 69.5. The molecule has 278 valence electrons. The zero-order valence-electron chi connectivity index (χ0n) is 29.1. The topological polar surface area (TPSA) is 178 Å². The average Bonchev–Trinajstić information content (AvgIpc) is 3.56. The number of hydrogen-bond donors (Lipinski definition) is 2. The standard InChI is InChI=1S/C38H36BrClN8O6/c39-29-15-28-27(37(52)48(38(28)53)32-10-12-34(49)43-36(32)51)13-21(29)17-46-18-23-4-5-24(19-46)47(23)33-11-9-31(44-45-33)35(50)42-22-2-7-25(8-3-22)54-26-6-1-20(16-41)30(40)14-26/h1,6,9,11,13-15,22-25,32H,2-5,7-8,10,12,17-19H2,(H,42,50)(H,43,49,51). The summed E-state index contributed by atoms with van der Waals surface area (Å²) >= 11 is 9.76. The van der Waals surface area contributed by atoms with E-state index in [-0.39, 0.29) is 59.8 Å². The first-order valence-corrected chi connectivity index (χ1v) is 19.3. The molecule has 4 aliphatic heterocycles. The highest BCUT2D eigenvalue weighted by Crippen LogP contribution is 2.37. The number of halogens is 2. The molecule has 2 aromatic carbocycles. The molecule has 0 radical (unpaired) electrons. The van der Waals surface area contributed by atoms with Crippen molar-refractivity contribution in [3.8, 4) is 11.8 Å². The first kappa shape index (κ1) is 36.1. The lowest BCUT2D eigenvalue weighted by molar-refractivity contribution is -0.136. The number of amides is 5. The van der Waals surface area contributed by atoms with Gasteiger partial charge in [-0.1, -0.05) is 27.5 Å². The summed E-state index contributed by atoms with van der Waals surface area (Å²) < 4.78 is 6.78. The van der Waals surface area contributed by atoms with Crippen LogP contribution in [0.25, 0.3) is 0 Å². The highest BCUT2D eigenvalue weighted by molar-refractivity contribution is 9.10. The second-order valence-electron chi connectivity index (χ2n) is 14.5. The molecule has 2 N–H and O–H groups in total. The van der Waals surface area contributed by atoms with Crippen LogP contribution >= 0.6 is 27.5 Å². The van der Waals surface area contributed by atoms with E-state index in [4.69, 9.17) is 21.6 Å². The van der Waals surface area contributed by atoms with Crippen LogP contribution in [0.1, 0.15) is 93.7 Å². The SMILES string of the molecule is N#Cc1ccc(OC2CCC(NC(=O)c3ccc(N4C5CCC4CN(Cc4cc6c(cc4Br)C(=O)N(C4CCC(=O)NC4=O)C6=O)C5)nn3)CC2)cc1Cl. The Morgan fingerprint density at radius 1 is 0.944 bits per heavy atom. The summed E-state index contributed by atoms with van der Waals surface area (Å²) in [5.41, 5.74) is 2.03. The maximum absolute atomic E-state index is 13.4. The second-order valence-corrected chi connectivity index (χ2v) is 15.8. The zero-order valence-corrected chi connectivity index (χ0v) is 31.4. The predicted molar refractivity (Wildman–Crippen MR) is 198 cm³/mol. The van der Waals surface area contributed by atoms with Crippen molar-refractivity contribution in [3.63, 3.8) is 0 Å². The summed E-state index contributed by atoms with van der Waals surface area (Å²) in [7, 11) is 0. The van der Waals surface area contributed by atoms with Crippen LogP contribution in [0.5, 0.6) is 5.75 Å². The molecule has 4 fully saturated rings. The number of aromatic nitrogens is 2. The largest absolute Gasteiger partial charge is 0.490 e. The van der Waals surface area contributed by atoms with Crippen LogP contribution < -0.4 is 20.3 Å². The summed E-state index contributed by atoms with van der Waals surface area (Å²) in [6, 6.07) is 13.5. The predicted octanol–water partition coefficient (Wildman–Crippen LogP) is 4.14. The number of nitriles is 1. The summed E-state index contributed by atoms with van der Waals surface area (Å²) in [5, 5.41) is 23.6. The number of rotatable bonds is 8. The number of piperidine rings is 1. The first-order chi connectivity index (χ1) is 26.1. The fraction of sp³-hybridized carbons (Fsp3) is 0.421. The van der Waals surface area contributed by atoms with E-state index in [1.807, 2.05) is 12.1 Å². The van der Waals surface area contributed by atoms with Gasteiger partial charge in [-0.15, -0.1) is 10.2 Å². The number of likely N-dealkylation sites (tertiary alicyclic amines) is 1. The molecule has 1 saturated carbocycles. The van der Waals surface area contributed by atoms with Crippen molar-refractivity contribution in [3.05, 3.63) is 79.9 Å². The fourth-order valence-electron chi connectivity index (χ4n) is 8.41. The van der Waals surface area contributed by atoms with E-state index in [9.17, 15) is 24.0 Å². The molecule has 2 bridgehead atoms. The fourth-order valence-corrected chi connectivity index (χ4v) is 9.09. The number of anilines is 1. The van der Waals surface area contributed by atoms with E-state index in [1.165, 1.54) is 0 Å². The molecule has 16 heteroatoms. The number of hydrogen-bond acceptors (Lipinski definition) is 11. The quantitative estimate of drug-likeness (QED) is 0.313. The van der Waals surface area contributed by atoms with E-state index in [2.05, 4.69) is 46.6 Å². The van der Waals surface area contributed by atoms with Crippen LogP contribution in [0.3, 0.4) is 0 Å². The van der Waals surface area contributed by atoms with E-state index in [0.717, 1.165) is 67.9 Å². The van der Waals surface area contributed by atoms with Gasteiger partial charge in [0, 0.05) is 54.7 Å². The number of imide groups is 2. The third kappa shape index (κ3) is 6.94. The highest BCUT2D eigenvalue weighted by atomic mass is 79.9. The number of nitrogens with zero attached hydrogens (tertiary/aromatic N) is 6. The Hall–Kier alpha value is -4.91. The molecule has 8 rings (SSSR count). The van der Waals surface area contributed by atoms with E-state index in [1.54, 1.807) is 36.4 Å². The summed E-state index contributed by atoms with van der Waals surface area (Å²) in [6.45, 7) is 2.06. The van der Waals surface area contributed by atoms with Crippen molar-refractivity contribution in [1.29, 1.82) is 5.26 Å². The Labute approximate surface area is 324 Å². The highest BCUT2D eigenvalue weighted by Gasteiger charge is 2.46. The van der Waals surface area contributed by atoms with E-state index < -0.39 is 29.7 Å². The number of nitrogens with one attached hydrogen (secondary N) is 2. The van der Waals surface area contributed by atoms with Crippen LogP contribution in [0.15, 0.2) is 46.9 Å². The van der Waals surface area contributed by atoms with Crippen LogP contribution in [0.2, 0.25) is 5.02 Å². The van der Waals surface area contributed by atoms with Gasteiger partial charge in [-0.05, 0) is 86.9 Å². The Bertz CT molecular complexity index is 2090. The van der Waals surface area contributed by atoms with Crippen molar-refractivity contribution < 1.29 is 28.7 Å². The van der Waals surface area contributed by atoms with E-state index >= 15 is 0 Å². The minimum Gasteiger partial charge on any atom is -0.490 e. The van der Waals surface area contributed by atoms with Gasteiger partial charge in [0.2, 0.25) is 11.8 Å². The molecule has 54 heavy (non-hydrogen) atoms. The van der Waals surface area contributed by atoms with Crippen LogP contribution in [-0.4, -0.2) is 92.9 Å². The van der Waals surface area contributed by atoms with Crippen LogP contribution in [0, 0.1) is 11.3 Å². The van der Waals surface area contributed by atoms with Gasteiger partial charge < -0.3 is 15.0 Å². The van der Waals surface area contributed by atoms with Crippen molar-refractivity contribution >= 4 is 62.9 Å². The Kier molecular flexibility index (Phi) is 9.84. The molecule has 3 aromatic rings. The van der Waals surface area contributed by atoms with E-state index in [0.29, 0.717) is 27.4 Å². The first-order valence-electron chi connectivity index (χ1n) is 18.1. The number of benzene rings is 2. The third-order valence-electron chi connectivity index (χ3n) is 11.1. The summed E-state index contributed by atoms with van der Waals surface area (Å²) in [5.74, 6) is -1.00. The van der Waals surface area contributed by atoms with Gasteiger partial charge in [-0.3, -0.25) is 39.1 Å². The molecule has 3 atom stereocenters. The van der Waals surface area contributed by atoms with Gasteiger partial charge >= 0.3 is 0 Å². The lowest BCUT2D eigenvalue weighted by atomic mass is 9.93. The van der Waals surface area contributed by atoms with Gasteiger partial charge in [0.15, 0.2) is 11.5 Å². The molecule has 3 unspecified atom stereocenters. The summed E-state index contributed by atoms with van der Waals surface area (Å²) in [6.07, 6.45) is 5.20. The van der Waals surface area contributed by atoms with Gasteiger partial charge in [0.05, 0.1) is 27.8 Å². The van der Waals surface area contributed by atoms with Crippen molar-refractivity contribution in [2.24, 2.45) is 0 Å². The normalized spacial score (nSPS) is 25.3. The Morgan fingerprint density at radius 2 is 1.67 bits per heavy atom. The van der Waals surface area contributed by atoms with Crippen LogP contribution in [-0.2, 0) is 16.1 Å². The maximum atomic E-state index is 13.4. The Balaban J connectivity index is 0.850. The smallest absolute Gasteiger partial charge is 0.272 e. The van der Waals surface area contributed by atoms with Crippen molar-refractivity contribution in [1.82, 2.24) is 30.6 Å². The Morgan fingerprint density at radius 3 is 2.31 bits per heavy atom. The molecule has 1 aliphatic carbocycles. The van der Waals surface area contributed by atoms with Gasteiger partial charge in [-0.2, -0.15) is 5.26 Å². The molecule has 5 aliphatic rings. The molecule has 3 saturated heterocycles. The van der Waals surface area contributed by atoms with Gasteiger partial charge in [0.1, 0.15) is 17.9 Å². The minimum absolute atomic E-state index is 0.000285.